The normalized spacial score (nSPS) is 16.6. The number of aryl methyl sites for hydroxylation is 1. The smallest absolute Gasteiger partial charge is 0.234 e. The minimum Gasteiger partial charge on any atom is -0.352 e. The Kier molecular flexibility index (Phi) is 5.92. The Bertz CT molecular complexity index is 410. The van der Waals surface area contributed by atoms with Crippen LogP contribution in [0.15, 0.2) is 12.4 Å². The van der Waals surface area contributed by atoms with Crippen LogP contribution >= 0.6 is 0 Å². The van der Waals surface area contributed by atoms with Crippen molar-refractivity contribution in [1.82, 2.24) is 20.6 Å². The van der Waals surface area contributed by atoms with Crippen LogP contribution in [0.25, 0.3) is 0 Å². The van der Waals surface area contributed by atoms with E-state index in [2.05, 4.69) is 20.6 Å². The molecule has 1 aliphatic carbocycles. The van der Waals surface area contributed by atoms with Gasteiger partial charge in [-0.15, -0.1) is 0 Å². The molecular formula is C15H24N4O. The highest BCUT2D eigenvalue weighted by atomic mass is 16.1. The largest absolute Gasteiger partial charge is 0.352 e. The summed E-state index contributed by atoms with van der Waals surface area (Å²) in [6.07, 6.45) is 10.8. The van der Waals surface area contributed by atoms with Gasteiger partial charge in [0.25, 0.3) is 0 Å². The van der Waals surface area contributed by atoms with E-state index in [1.165, 1.54) is 25.7 Å². The average Bonchev–Trinajstić information content (AvgIpc) is 2.70. The molecule has 1 aromatic heterocycles. The van der Waals surface area contributed by atoms with Gasteiger partial charge in [-0.1, -0.05) is 25.7 Å². The van der Waals surface area contributed by atoms with Crippen LogP contribution in [0.5, 0.6) is 0 Å². The minimum atomic E-state index is 0.0805. The SMILES string of the molecule is Cc1cnc(CNCC(=O)NC2CCCCCC2)cn1. The van der Waals surface area contributed by atoms with Crippen molar-refractivity contribution in [2.24, 2.45) is 0 Å². The van der Waals surface area contributed by atoms with Crippen LogP contribution < -0.4 is 10.6 Å². The number of rotatable bonds is 5. The fourth-order valence-electron chi connectivity index (χ4n) is 2.52. The molecule has 110 valence electrons. The molecule has 0 aromatic carbocycles. The average molecular weight is 276 g/mol. The lowest BCUT2D eigenvalue weighted by atomic mass is 10.1. The van der Waals surface area contributed by atoms with E-state index >= 15 is 0 Å². The zero-order valence-electron chi connectivity index (χ0n) is 12.2. The van der Waals surface area contributed by atoms with E-state index in [1.807, 2.05) is 6.92 Å². The molecule has 5 heteroatoms. The Morgan fingerprint density at radius 2 is 1.95 bits per heavy atom. The number of hydrogen-bond acceptors (Lipinski definition) is 4. The predicted molar refractivity (Wildman–Crippen MR) is 78.1 cm³/mol. The molecule has 5 nitrogen and oxygen atoms in total. The Morgan fingerprint density at radius 1 is 1.20 bits per heavy atom. The number of nitrogens with zero attached hydrogens (tertiary/aromatic N) is 2. The molecule has 0 saturated heterocycles. The molecule has 1 aliphatic rings. The van der Waals surface area contributed by atoms with Gasteiger partial charge in [-0.3, -0.25) is 14.8 Å². The van der Waals surface area contributed by atoms with Gasteiger partial charge in [-0.2, -0.15) is 0 Å². The van der Waals surface area contributed by atoms with Crippen molar-refractivity contribution >= 4 is 5.91 Å². The van der Waals surface area contributed by atoms with Crippen LogP contribution in [0.1, 0.15) is 49.9 Å². The first-order chi connectivity index (χ1) is 9.74. The first-order valence-electron chi connectivity index (χ1n) is 7.51. The van der Waals surface area contributed by atoms with Gasteiger partial charge in [0.1, 0.15) is 0 Å². The highest BCUT2D eigenvalue weighted by Gasteiger charge is 2.14. The second kappa shape index (κ2) is 7.94. The Morgan fingerprint density at radius 3 is 2.60 bits per heavy atom. The summed E-state index contributed by atoms with van der Waals surface area (Å²) in [4.78, 5) is 20.3. The van der Waals surface area contributed by atoms with Crippen LogP contribution in [-0.2, 0) is 11.3 Å². The Hall–Kier alpha value is -1.49. The van der Waals surface area contributed by atoms with E-state index in [4.69, 9.17) is 0 Å². The molecule has 0 aliphatic heterocycles. The topological polar surface area (TPSA) is 66.9 Å². The molecule has 0 bridgehead atoms. The third-order valence-corrected chi connectivity index (χ3v) is 3.65. The number of carbonyl (C=O) groups excluding carboxylic acids is 1. The first-order valence-corrected chi connectivity index (χ1v) is 7.51. The van der Waals surface area contributed by atoms with E-state index < -0.39 is 0 Å². The maximum absolute atomic E-state index is 11.9. The third kappa shape index (κ3) is 5.25. The Labute approximate surface area is 120 Å². The summed E-state index contributed by atoms with van der Waals surface area (Å²) in [5, 5.41) is 6.23. The van der Waals surface area contributed by atoms with E-state index in [-0.39, 0.29) is 5.91 Å². The summed E-state index contributed by atoms with van der Waals surface area (Å²) in [5.74, 6) is 0.0805. The molecule has 0 spiro atoms. The van der Waals surface area contributed by atoms with Crippen molar-refractivity contribution in [3.05, 3.63) is 23.8 Å². The van der Waals surface area contributed by atoms with Crippen molar-refractivity contribution in [3.8, 4) is 0 Å². The van der Waals surface area contributed by atoms with E-state index in [0.717, 1.165) is 24.2 Å². The quantitative estimate of drug-likeness (QED) is 0.804. The molecule has 0 atom stereocenters. The summed E-state index contributed by atoms with van der Waals surface area (Å²) in [6, 6.07) is 0.367. The van der Waals surface area contributed by atoms with E-state index in [0.29, 0.717) is 19.1 Å². The van der Waals surface area contributed by atoms with Gasteiger partial charge in [0.2, 0.25) is 5.91 Å². The number of nitrogens with one attached hydrogen (secondary N) is 2. The fourth-order valence-corrected chi connectivity index (χ4v) is 2.52. The van der Waals surface area contributed by atoms with Gasteiger partial charge in [-0.25, -0.2) is 0 Å². The lowest BCUT2D eigenvalue weighted by Gasteiger charge is -2.16. The first kappa shape index (κ1) is 14.9. The third-order valence-electron chi connectivity index (χ3n) is 3.65. The van der Waals surface area contributed by atoms with Crippen molar-refractivity contribution in [2.75, 3.05) is 6.54 Å². The number of aromatic nitrogens is 2. The van der Waals surface area contributed by atoms with Gasteiger partial charge < -0.3 is 10.6 Å². The number of amides is 1. The van der Waals surface area contributed by atoms with Gasteiger partial charge in [-0.05, 0) is 19.8 Å². The van der Waals surface area contributed by atoms with Crippen LogP contribution in [0.4, 0.5) is 0 Å². The van der Waals surface area contributed by atoms with Crippen LogP contribution in [0, 0.1) is 6.92 Å². The van der Waals surface area contributed by atoms with Crippen molar-refractivity contribution in [3.63, 3.8) is 0 Å². The lowest BCUT2D eigenvalue weighted by Crippen LogP contribution is -2.40. The summed E-state index contributed by atoms with van der Waals surface area (Å²) < 4.78 is 0. The summed E-state index contributed by atoms with van der Waals surface area (Å²) in [6.45, 7) is 2.82. The van der Waals surface area contributed by atoms with Crippen molar-refractivity contribution < 1.29 is 4.79 Å². The highest BCUT2D eigenvalue weighted by molar-refractivity contribution is 5.78. The molecule has 0 unspecified atom stereocenters. The van der Waals surface area contributed by atoms with Crippen molar-refractivity contribution in [1.29, 1.82) is 0 Å². The Balaban J connectivity index is 1.65. The van der Waals surface area contributed by atoms with E-state index in [9.17, 15) is 4.79 Å². The zero-order chi connectivity index (χ0) is 14.2. The lowest BCUT2D eigenvalue weighted by molar-refractivity contribution is -0.121. The molecule has 1 aromatic rings. The summed E-state index contributed by atoms with van der Waals surface area (Å²) in [5.41, 5.74) is 1.76. The molecular weight excluding hydrogens is 252 g/mol. The molecule has 0 radical (unpaired) electrons. The van der Waals surface area contributed by atoms with Gasteiger partial charge in [0.05, 0.1) is 17.9 Å². The van der Waals surface area contributed by atoms with Crippen LogP contribution in [0.2, 0.25) is 0 Å². The fraction of sp³-hybridized carbons (Fsp3) is 0.667. The van der Waals surface area contributed by atoms with Crippen LogP contribution in [-0.4, -0.2) is 28.5 Å². The monoisotopic (exact) mass is 276 g/mol. The molecule has 2 rings (SSSR count). The molecule has 1 amide bonds. The second-order valence-electron chi connectivity index (χ2n) is 5.51. The molecule has 20 heavy (non-hydrogen) atoms. The molecule has 1 saturated carbocycles. The second-order valence-corrected chi connectivity index (χ2v) is 5.51. The highest BCUT2D eigenvalue weighted by Crippen LogP contribution is 2.16. The number of hydrogen-bond donors (Lipinski definition) is 2. The van der Waals surface area contributed by atoms with Crippen molar-refractivity contribution in [2.45, 2.75) is 58.0 Å². The minimum absolute atomic E-state index is 0.0805. The molecule has 2 N–H and O–H groups in total. The van der Waals surface area contributed by atoms with E-state index in [1.54, 1.807) is 12.4 Å². The maximum atomic E-state index is 11.9. The predicted octanol–water partition coefficient (Wildman–Crippen LogP) is 1.71. The molecule has 1 fully saturated rings. The standard InChI is InChI=1S/C15H24N4O/c1-12-8-18-14(10-17-12)9-16-11-15(20)19-13-6-4-2-3-5-7-13/h8,10,13,16H,2-7,9,11H2,1H3,(H,19,20). The summed E-state index contributed by atoms with van der Waals surface area (Å²) in [7, 11) is 0. The van der Waals surface area contributed by atoms with Gasteiger partial charge in [0.15, 0.2) is 0 Å². The van der Waals surface area contributed by atoms with Gasteiger partial charge in [0, 0.05) is 25.0 Å². The summed E-state index contributed by atoms with van der Waals surface area (Å²) >= 11 is 0. The van der Waals surface area contributed by atoms with Crippen LogP contribution in [0.3, 0.4) is 0 Å². The number of carbonyl (C=O) groups is 1. The zero-order valence-corrected chi connectivity index (χ0v) is 12.2. The molecule has 1 heterocycles. The maximum Gasteiger partial charge on any atom is 0.234 e. The van der Waals surface area contributed by atoms with Gasteiger partial charge >= 0.3 is 0 Å².